The summed E-state index contributed by atoms with van der Waals surface area (Å²) in [7, 11) is -3.20. The molecule has 0 aromatic rings. The maximum Gasteiger partial charge on any atom is 0.209 e. The highest BCUT2D eigenvalue weighted by Gasteiger charge is 1.99. The van der Waals surface area contributed by atoms with Gasteiger partial charge in [-0.1, -0.05) is 26.2 Å². The van der Waals surface area contributed by atoms with Gasteiger partial charge in [0.15, 0.2) is 0 Å². The molecular formula is C6H16FNO2S. The van der Waals surface area contributed by atoms with Gasteiger partial charge in [-0.2, -0.15) is 0 Å². The molecule has 0 spiro atoms. The average molecular weight is 185 g/mol. The molecule has 0 aliphatic heterocycles. The van der Waals surface area contributed by atoms with E-state index in [0.717, 1.165) is 19.3 Å². The Kier molecular flexibility index (Phi) is 7.99. The Labute approximate surface area is 67.4 Å². The van der Waals surface area contributed by atoms with Crippen LogP contribution in [0.3, 0.4) is 0 Å². The predicted octanol–water partition coefficient (Wildman–Crippen LogP) is 1.01. The van der Waals surface area contributed by atoms with Crippen molar-refractivity contribution >= 4 is 10.0 Å². The van der Waals surface area contributed by atoms with E-state index in [1.165, 1.54) is 0 Å². The fourth-order valence-electron chi connectivity index (χ4n) is 0.730. The van der Waals surface area contributed by atoms with Crippen LogP contribution in [0.5, 0.6) is 0 Å². The van der Waals surface area contributed by atoms with Gasteiger partial charge in [0.1, 0.15) is 0 Å². The second-order valence-corrected chi connectivity index (χ2v) is 4.16. The zero-order valence-corrected chi connectivity index (χ0v) is 7.56. The molecule has 11 heavy (non-hydrogen) atoms. The van der Waals surface area contributed by atoms with Crippen molar-refractivity contribution < 1.29 is 13.1 Å². The van der Waals surface area contributed by atoms with Crippen LogP contribution >= 0.6 is 0 Å². The molecule has 0 aliphatic rings. The molecule has 0 aromatic carbocycles. The Hall–Kier alpha value is -0.160. The number of halogens is 1. The average Bonchev–Trinajstić information content (AvgIpc) is 1.78. The molecule has 0 bridgehead atoms. The van der Waals surface area contributed by atoms with E-state index in [4.69, 9.17) is 5.14 Å². The van der Waals surface area contributed by atoms with Gasteiger partial charge in [-0.05, 0) is 6.42 Å². The first kappa shape index (κ1) is 13.4. The number of rotatable bonds is 5. The summed E-state index contributed by atoms with van der Waals surface area (Å²) in [6, 6.07) is 0. The lowest BCUT2D eigenvalue weighted by Gasteiger charge is -1.96. The Morgan fingerprint density at radius 3 is 2.09 bits per heavy atom. The first-order valence-electron chi connectivity index (χ1n) is 3.56. The Balaban J connectivity index is 0. The maximum atomic E-state index is 10.4. The molecule has 3 nitrogen and oxygen atoms in total. The fourth-order valence-corrected chi connectivity index (χ4v) is 1.34. The minimum absolute atomic E-state index is 0. The summed E-state index contributed by atoms with van der Waals surface area (Å²) in [5, 5.41) is 4.79. The molecule has 0 fully saturated rings. The van der Waals surface area contributed by atoms with Crippen LogP contribution in [0.4, 0.5) is 4.70 Å². The van der Waals surface area contributed by atoms with Crippen LogP contribution < -0.4 is 5.14 Å². The van der Waals surface area contributed by atoms with E-state index in [0.29, 0.717) is 6.42 Å². The van der Waals surface area contributed by atoms with Gasteiger partial charge in [-0.3, -0.25) is 4.70 Å². The number of hydrogen-bond acceptors (Lipinski definition) is 2. The monoisotopic (exact) mass is 185 g/mol. The van der Waals surface area contributed by atoms with Crippen molar-refractivity contribution in [1.29, 1.82) is 0 Å². The highest BCUT2D eigenvalue weighted by atomic mass is 32.2. The molecular weight excluding hydrogens is 169 g/mol. The molecule has 0 amide bonds. The van der Waals surface area contributed by atoms with Crippen molar-refractivity contribution in [3.05, 3.63) is 0 Å². The largest absolute Gasteiger partial charge is 0.269 e. The molecule has 0 atom stereocenters. The van der Waals surface area contributed by atoms with Crippen molar-refractivity contribution in [3.63, 3.8) is 0 Å². The first-order chi connectivity index (χ1) is 4.56. The van der Waals surface area contributed by atoms with Crippen LogP contribution in [0.25, 0.3) is 0 Å². The highest BCUT2D eigenvalue weighted by molar-refractivity contribution is 7.89. The summed E-state index contributed by atoms with van der Waals surface area (Å²) in [5.74, 6) is 0.132. The van der Waals surface area contributed by atoms with E-state index < -0.39 is 10.0 Å². The van der Waals surface area contributed by atoms with E-state index in [-0.39, 0.29) is 10.5 Å². The number of sulfonamides is 1. The van der Waals surface area contributed by atoms with Gasteiger partial charge >= 0.3 is 0 Å². The number of hydrogen-bond donors (Lipinski definition) is 1. The second kappa shape index (κ2) is 6.54. The SMILES string of the molecule is CCCCCCS(N)(=O)=O.F. The fraction of sp³-hybridized carbons (Fsp3) is 1.00. The van der Waals surface area contributed by atoms with Crippen molar-refractivity contribution in [3.8, 4) is 0 Å². The highest BCUT2D eigenvalue weighted by Crippen LogP contribution is 1.99. The minimum atomic E-state index is -3.20. The lowest BCUT2D eigenvalue weighted by Crippen LogP contribution is -2.16. The molecule has 0 saturated carbocycles. The summed E-state index contributed by atoms with van der Waals surface area (Å²) >= 11 is 0. The zero-order valence-electron chi connectivity index (χ0n) is 6.75. The van der Waals surface area contributed by atoms with Gasteiger partial charge in [0.05, 0.1) is 5.75 Å². The van der Waals surface area contributed by atoms with Crippen LogP contribution in [-0.2, 0) is 10.0 Å². The zero-order chi connectivity index (χ0) is 8.04. The van der Waals surface area contributed by atoms with E-state index in [2.05, 4.69) is 6.92 Å². The molecule has 0 aromatic heterocycles. The van der Waals surface area contributed by atoms with Crippen LogP contribution in [0, 0.1) is 0 Å². The summed E-state index contributed by atoms with van der Waals surface area (Å²) in [6.45, 7) is 2.08. The smallest absolute Gasteiger partial charge is 0.209 e. The third kappa shape index (κ3) is 12.9. The van der Waals surface area contributed by atoms with Gasteiger partial charge in [0.2, 0.25) is 10.0 Å². The summed E-state index contributed by atoms with van der Waals surface area (Å²) < 4.78 is 20.7. The molecule has 2 N–H and O–H groups in total. The minimum Gasteiger partial charge on any atom is -0.269 e. The standard InChI is InChI=1S/C6H15NO2S.FH/c1-2-3-4-5-6-10(7,8)9;/h2-6H2,1H3,(H2,7,8,9);1H. The Morgan fingerprint density at radius 1 is 1.18 bits per heavy atom. The predicted molar refractivity (Wildman–Crippen MR) is 44.6 cm³/mol. The molecule has 0 aliphatic carbocycles. The van der Waals surface area contributed by atoms with Gasteiger partial charge < -0.3 is 0 Å². The summed E-state index contributed by atoms with van der Waals surface area (Å²) in [6.07, 6.45) is 3.87. The summed E-state index contributed by atoms with van der Waals surface area (Å²) in [5.41, 5.74) is 0. The van der Waals surface area contributed by atoms with E-state index in [9.17, 15) is 8.42 Å². The summed E-state index contributed by atoms with van der Waals surface area (Å²) in [4.78, 5) is 0. The molecule has 0 saturated heterocycles. The molecule has 0 heterocycles. The Morgan fingerprint density at radius 2 is 1.73 bits per heavy atom. The van der Waals surface area contributed by atoms with Crippen LogP contribution in [-0.4, -0.2) is 14.2 Å². The lowest BCUT2D eigenvalue weighted by molar-refractivity contribution is 0.590. The molecule has 0 rings (SSSR count). The molecule has 5 heteroatoms. The normalized spacial score (nSPS) is 10.7. The van der Waals surface area contributed by atoms with Gasteiger partial charge in [-0.25, -0.2) is 13.6 Å². The van der Waals surface area contributed by atoms with Crippen LogP contribution in [0.15, 0.2) is 0 Å². The van der Waals surface area contributed by atoms with Crippen molar-refractivity contribution in [2.75, 3.05) is 5.75 Å². The third-order valence-electron chi connectivity index (χ3n) is 1.28. The molecule has 0 radical (unpaired) electrons. The number of primary sulfonamides is 1. The van der Waals surface area contributed by atoms with E-state index in [1.807, 2.05) is 0 Å². The first-order valence-corrected chi connectivity index (χ1v) is 5.28. The molecule has 0 unspecified atom stereocenters. The van der Waals surface area contributed by atoms with Gasteiger partial charge in [0.25, 0.3) is 0 Å². The second-order valence-electron chi connectivity index (χ2n) is 2.43. The van der Waals surface area contributed by atoms with Crippen molar-refractivity contribution in [1.82, 2.24) is 0 Å². The number of nitrogens with two attached hydrogens (primary N) is 1. The Bertz CT molecular complexity index is 167. The van der Waals surface area contributed by atoms with Crippen LogP contribution in [0.1, 0.15) is 32.6 Å². The van der Waals surface area contributed by atoms with Gasteiger partial charge in [0, 0.05) is 0 Å². The quantitative estimate of drug-likeness (QED) is 0.650. The van der Waals surface area contributed by atoms with E-state index in [1.54, 1.807) is 0 Å². The van der Waals surface area contributed by atoms with Crippen molar-refractivity contribution in [2.24, 2.45) is 5.14 Å². The lowest BCUT2D eigenvalue weighted by atomic mass is 10.2. The molecule has 70 valence electrons. The number of unbranched alkanes of at least 4 members (excludes halogenated alkanes) is 3. The maximum absolute atomic E-state index is 10.4. The van der Waals surface area contributed by atoms with Crippen LogP contribution in [0.2, 0.25) is 0 Å². The topological polar surface area (TPSA) is 60.2 Å². The van der Waals surface area contributed by atoms with Crippen molar-refractivity contribution in [2.45, 2.75) is 32.6 Å². The third-order valence-corrected chi connectivity index (χ3v) is 2.14. The van der Waals surface area contributed by atoms with E-state index >= 15 is 0 Å². The van der Waals surface area contributed by atoms with Gasteiger partial charge in [-0.15, -0.1) is 0 Å².